The third-order valence-corrected chi connectivity index (χ3v) is 4.48. The molecule has 0 saturated heterocycles. The van der Waals surface area contributed by atoms with Crippen LogP contribution in [0.2, 0.25) is 0 Å². The van der Waals surface area contributed by atoms with E-state index in [1.54, 1.807) is 43.5 Å². The lowest BCUT2D eigenvalue weighted by molar-refractivity contribution is 0.414. The van der Waals surface area contributed by atoms with Crippen molar-refractivity contribution >= 4 is 27.8 Å². The summed E-state index contributed by atoms with van der Waals surface area (Å²) in [4.78, 5) is 0.651. The highest BCUT2D eigenvalue weighted by Gasteiger charge is 2.14. The number of ether oxygens (including phenoxy) is 1. The van der Waals surface area contributed by atoms with Crippen LogP contribution >= 0.6 is 0 Å². The minimum absolute atomic E-state index is 0.205. The summed E-state index contributed by atoms with van der Waals surface area (Å²) in [5.41, 5.74) is 0.711. The maximum atomic E-state index is 12.4. The molecule has 3 rings (SSSR count). The number of nitrogens with one attached hydrogen (secondary N) is 1. The number of phenolic OH excluding ortho intramolecular Hbond substituents is 1. The van der Waals surface area contributed by atoms with Crippen LogP contribution in [-0.2, 0) is 11.4 Å². The van der Waals surface area contributed by atoms with Crippen LogP contribution in [0.4, 0.5) is 5.69 Å². The molecule has 0 radical (unpaired) electrons. The van der Waals surface area contributed by atoms with Crippen LogP contribution in [0.3, 0.4) is 0 Å². The molecule has 2 N–H and O–H groups in total. The van der Waals surface area contributed by atoms with Gasteiger partial charge in [0.05, 0.1) is 12.8 Å². The largest absolute Gasteiger partial charge is 0.588 e. The topological polar surface area (TPSA) is 64.5 Å². The fourth-order valence-electron chi connectivity index (χ4n) is 2.23. The summed E-state index contributed by atoms with van der Waals surface area (Å²) in [6, 6.07) is 17.8. The number of rotatable bonds is 4. The Hall–Kier alpha value is -2.37. The van der Waals surface area contributed by atoms with Crippen LogP contribution in [-0.4, -0.2) is 16.8 Å². The van der Waals surface area contributed by atoms with Crippen LogP contribution in [0.25, 0.3) is 10.8 Å². The number of hydrogen-bond acceptors (Lipinski definition) is 4. The van der Waals surface area contributed by atoms with Crippen molar-refractivity contribution in [3.8, 4) is 11.5 Å². The average Bonchev–Trinajstić information content (AvgIpc) is 2.57. The van der Waals surface area contributed by atoms with Crippen molar-refractivity contribution in [2.45, 2.75) is 4.90 Å². The first kappa shape index (κ1) is 14.6. The van der Waals surface area contributed by atoms with Gasteiger partial charge in [0.15, 0.2) is 4.90 Å². The van der Waals surface area contributed by atoms with E-state index in [9.17, 15) is 9.66 Å². The van der Waals surface area contributed by atoms with Crippen molar-refractivity contribution in [2.75, 3.05) is 11.8 Å². The Bertz CT molecular complexity index is 790. The van der Waals surface area contributed by atoms with E-state index in [4.69, 9.17) is 4.74 Å². The minimum Gasteiger partial charge on any atom is -0.588 e. The van der Waals surface area contributed by atoms with E-state index in [0.717, 1.165) is 16.5 Å². The highest BCUT2D eigenvalue weighted by atomic mass is 32.2. The summed E-state index contributed by atoms with van der Waals surface area (Å²) in [7, 11) is 1.59. The number of fused-ring (bicyclic) bond motifs is 1. The normalized spacial score (nSPS) is 12.1. The molecular weight excluding hydrogens is 298 g/mol. The predicted molar refractivity (Wildman–Crippen MR) is 88.6 cm³/mol. The van der Waals surface area contributed by atoms with E-state index in [2.05, 4.69) is 4.72 Å². The smallest absolute Gasteiger partial charge is 0.180 e. The summed E-state index contributed by atoms with van der Waals surface area (Å²) < 4.78 is 20.5. The molecule has 0 fully saturated rings. The molecule has 0 amide bonds. The lowest BCUT2D eigenvalue weighted by Gasteiger charge is -2.14. The lowest BCUT2D eigenvalue weighted by atomic mass is 10.1. The number of phenols is 1. The number of anilines is 1. The van der Waals surface area contributed by atoms with E-state index < -0.39 is 11.4 Å². The molecule has 0 aliphatic carbocycles. The monoisotopic (exact) mass is 313 g/mol. The Morgan fingerprint density at radius 2 is 1.64 bits per heavy atom. The zero-order valence-electron chi connectivity index (χ0n) is 11.9. The zero-order valence-corrected chi connectivity index (χ0v) is 12.8. The van der Waals surface area contributed by atoms with Crippen LogP contribution < -0.4 is 9.46 Å². The molecule has 0 saturated carbocycles. The maximum absolute atomic E-state index is 12.4. The van der Waals surface area contributed by atoms with Gasteiger partial charge in [-0.1, -0.05) is 24.3 Å². The highest BCUT2D eigenvalue weighted by Crippen LogP contribution is 2.32. The number of benzene rings is 3. The quantitative estimate of drug-likeness (QED) is 0.569. The van der Waals surface area contributed by atoms with E-state index >= 15 is 0 Å². The Morgan fingerprint density at radius 1 is 0.955 bits per heavy atom. The van der Waals surface area contributed by atoms with Crippen LogP contribution in [0, 0.1) is 0 Å². The van der Waals surface area contributed by atoms with Gasteiger partial charge >= 0.3 is 0 Å². The molecule has 0 bridgehead atoms. The van der Waals surface area contributed by atoms with Gasteiger partial charge in [0, 0.05) is 10.8 Å². The Kier molecular flexibility index (Phi) is 4.09. The molecule has 0 aliphatic heterocycles. The highest BCUT2D eigenvalue weighted by molar-refractivity contribution is 7.92. The van der Waals surface area contributed by atoms with E-state index in [1.807, 2.05) is 24.3 Å². The minimum atomic E-state index is -1.39. The standard InChI is InChI=1S/C17H15NO3S/c1-21-12-6-8-13(9-7-12)22(20)18-16-10-11-17(19)15-5-3-2-4-14(15)16/h2-11,18-19H,1H3. The van der Waals surface area contributed by atoms with Gasteiger partial charge in [-0.05, 0) is 36.4 Å². The van der Waals surface area contributed by atoms with Gasteiger partial charge in [-0.25, -0.2) is 4.72 Å². The Labute approximate surface area is 131 Å². The Balaban J connectivity index is 1.90. The first-order valence-electron chi connectivity index (χ1n) is 6.72. The maximum Gasteiger partial charge on any atom is 0.180 e. The fraction of sp³-hybridized carbons (Fsp3) is 0.0588. The second kappa shape index (κ2) is 6.17. The molecule has 3 aromatic rings. The Morgan fingerprint density at radius 3 is 2.32 bits per heavy atom. The zero-order chi connectivity index (χ0) is 15.5. The molecule has 1 atom stereocenters. The van der Waals surface area contributed by atoms with E-state index in [0.29, 0.717) is 10.6 Å². The van der Waals surface area contributed by atoms with Crippen molar-refractivity contribution in [3.05, 3.63) is 60.7 Å². The summed E-state index contributed by atoms with van der Waals surface area (Å²) in [5.74, 6) is 0.923. The van der Waals surface area contributed by atoms with E-state index in [-0.39, 0.29) is 5.75 Å². The van der Waals surface area contributed by atoms with Crippen molar-refractivity contribution in [1.29, 1.82) is 0 Å². The van der Waals surface area contributed by atoms with Crippen molar-refractivity contribution < 1.29 is 14.4 Å². The molecule has 0 aromatic heterocycles. The van der Waals surface area contributed by atoms with Gasteiger partial charge in [0.25, 0.3) is 0 Å². The second-order valence-corrected chi connectivity index (χ2v) is 5.94. The number of aromatic hydroxyl groups is 1. The summed E-state index contributed by atoms with van der Waals surface area (Å²) in [6.45, 7) is 0. The summed E-state index contributed by atoms with van der Waals surface area (Å²) >= 11 is -1.39. The molecule has 0 aliphatic rings. The van der Waals surface area contributed by atoms with Crippen molar-refractivity contribution in [2.24, 2.45) is 0 Å². The number of hydrogen-bond donors (Lipinski definition) is 2. The number of methoxy groups -OCH3 is 1. The molecule has 3 aromatic carbocycles. The molecule has 5 heteroatoms. The molecular formula is C17H15NO3S. The van der Waals surface area contributed by atoms with Gasteiger partial charge in [-0.3, -0.25) is 0 Å². The average molecular weight is 313 g/mol. The molecule has 22 heavy (non-hydrogen) atoms. The third kappa shape index (κ3) is 2.81. The molecule has 112 valence electrons. The second-order valence-electron chi connectivity index (χ2n) is 4.72. The molecule has 1 unspecified atom stereocenters. The van der Waals surface area contributed by atoms with Crippen LogP contribution in [0.5, 0.6) is 11.5 Å². The predicted octanol–water partition coefficient (Wildman–Crippen LogP) is 3.69. The molecule has 0 heterocycles. The van der Waals surface area contributed by atoms with Crippen molar-refractivity contribution in [1.82, 2.24) is 0 Å². The van der Waals surface area contributed by atoms with E-state index in [1.165, 1.54) is 0 Å². The van der Waals surface area contributed by atoms with Gasteiger partial charge < -0.3 is 14.4 Å². The molecule has 0 spiro atoms. The van der Waals surface area contributed by atoms with Crippen LogP contribution in [0.1, 0.15) is 0 Å². The summed E-state index contributed by atoms with van der Waals surface area (Å²) in [6.07, 6.45) is 0. The first-order chi connectivity index (χ1) is 10.7. The SMILES string of the molecule is COc1ccc([S+]([O-])Nc2ccc(O)c3ccccc23)cc1. The summed E-state index contributed by atoms with van der Waals surface area (Å²) in [5, 5.41) is 11.4. The van der Waals surface area contributed by atoms with Crippen LogP contribution in [0.15, 0.2) is 65.6 Å². The molecule has 4 nitrogen and oxygen atoms in total. The van der Waals surface area contributed by atoms with Gasteiger partial charge in [0.2, 0.25) is 0 Å². The fourth-order valence-corrected chi connectivity index (χ4v) is 3.11. The lowest BCUT2D eigenvalue weighted by Crippen LogP contribution is -2.13. The first-order valence-corrected chi connectivity index (χ1v) is 7.87. The van der Waals surface area contributed by atoms with Gasteiger partial charge in [0.1, 0.15) is 22.9 Å². The van der Waals surface area contributed by atoms with Crippen molar-refractivity contribution in [3.63, 3.8) is 0 Å². The third-order valence-electron chi connectivity index (χ3n) is 3.38. The van der Waals surface area contributed by atoms with Gasteiger partial charge in [-0.2, -0.15) is 0 Å². The van der Waals surface area contributed by atoms with Gasteiger partial charge in [-0.15, -0.1) is 0 Å².